The first-order valence-corrected chi connectivity index (χ1v) is 10.2. The van der Waals surface area contributed by atoms with Crippen LogP contribution in [-0.4, -0.2) is 73.8 Å². The lowest BCUT2D eigenvalue weighted by Crippen LogP contribution is -2.54. The van der Waals surface area contributed by atoms with E-state index in [0.29, 0.717) is 31.6 Å². The number of nitrogens with zero attached hydrogens (tertiary/aromatic N) is 2. The minimum Gasteiger partial charge on any atom is -0.453 e. The maximum atomic E-state index is 12.4. The number of likely N-dealkylation sites (tertiary alicyclic amines) is 2. The van der Waals surface area contributed by atoms with E-state index < -0.39 is 0 Å². The summed E-state index contributed by atoms with van der Waals surface area (Å²) in [5.41, 5.74) is 0. The molecule has 2 rings (SSSR count). The summed E-state index contributed by atoms with van der Waals surface area (Å²) in [6.07, 6.45) is 6.24. The zero-order valence-corrected chi connectivity index (χ0v) is 16.6. The Balaban J connectivity index is 1.82. The Morgan fingerprint density at radius 2 is 1.81 bits per heavy atom. The van der Waals surface area contributed by atoms with E-state index in [9.17, 15) is 9.59 Å². The molecule has 150 valence electrons. The standard InChI is InChI=1S/C19H36N4O3/c1-4-15(5-2)17(22-10-6-7-11-22)13-20-18(24)21-16-9-8-12-23(14-16)19(25)26-3/h15-17H,4-14H2,1-3H3,(H2,20,21,24). The summed E-state index contributed by atoms with van der Waals surface area (Å²) < 4.78 is 4.78. The van der Waals surface area contributed by atoms with Crippen molar-refractivity contribution in [1.29, 1.82) is 0 Å². The Kier molecular flexibility index (Phi) is 8.48. The van der Waals surface area contributed by atoms with Crippen molar-refractivity contribution in [3.63, 3.8) is 0 Å². The lowest BCUT2D eigenvalue weighted by atomic mass is 9.93. The van der Waals surface area contributed by atoms with E-state index in [1.165, 1.54) is 20.0 Å². The van der Waals surface area contributed by atoms with Crippen LogP contribution in [0.2, 0.25) is 0 Å². The van der Waals surface area contributed by atoms with Gasteiger partial charge in [-0.2, -0.15) is 0 Å². The molecule has 2 saturated heterocycles. The lowest BCUT2D eigenvalue weighted by Gasteiger charge is -2.35. The van der Waals surface area contributed by atoms with Crippen LogP contribution < -0.4 is 10.6 Å². The Labute approximate surface area is 157 Å². The van der Waals surface area contributed by atoms with Crippen molar-refractivity contribution >= 4 is 12.1 Å². The fraction of sp³-hybridized carbons (Fsp3) is 0.895. The van der Waals surface area contributed by atoms with Crippen LogP contribution in [0.25, 0.3) is 0 Å². The highest BCUT2D eigenvalue weighted by atomic mass is 16.5. The monoisotopic (exact) mass is 368 g/mol. The third-order valence-electron chi connectivity index (χ3n) is 5.86. The molecule has 3 amide bonds. The average molecular weight is 369 g/mol. The summed E-state index contributed by atoms with van der Waals surface area (Å²) >= 11 is 0. The van der Waals surface area contributed by atoms with Gasteiger partial charge in [-0.25, -0.2) is 9.59 Å². The summed E-state index contributed by atoms with van der Waals surface area (Å²) in [5, 5.41) is 6.12. The van der Waals surface area contributed by atoms with Gasteiger partial charge < -0.3 is 20.3 Å². The fourth-order valence-electron chi connectivity index (χ4n) is 4.32. The molecule has 2 aliphatic heterocycles. The lowest BCUT2D eigenvalue weighted by molar-refractivity contribution is 0.108. The molecule has 2 unspecified atom stereocenters. The van der Waals surface area contributed by atoms with E-state index in [1.54, 1.807) is 4.90 Å². The molecule has 2 fully saturated rings. The number of urea groups is 1. The van der Waals surface area contributed by atoms with Gasteiger partial charge >= 0.3 is 12.1 Å². The molecule has 26 heavy (non-hydrogen) atoms. The van der Waals surface area contributed by atoms with Crippen LogP contribution in [0.5, 0.6) is 0 Å². The van der Waals surface area contributed by atoms with Crippen molar-refractivity contribution in [2.45, 2.75) is 64.5 Å². The van der Waals surface area contributed by atoms with Gasteiger partial charge in [0.15, 0.2) is 0 Å². The molecule has 0 saturated carbocycles. The Morgan fingerprint density at radius 1 is 1.12 bits per heavy atom. The molecule has 2 heterocycles. The second-order valence-corrected chi connectivity index (χ2v) is 7.50. The number of nitrogens with one attached hydrogen (secondary N) is 2. The molecule has 0 spiro atoms. The number of rotatable bonds is 7. The molecule has 2 atom stereocenters. The van der Waals surface area contributed by atoms with E-state index in [-0.39, 0.29) is 18.2 Å². The molecule has 7 heteroatoms. The summed E-state index contributed by atoms with van der Waals surface area (Å²) in [7, 11) is 1.39. The third kappa shape index (κ3) is 5.76. The van der Waals surface area contributed by atoms with Crippen LogP contribution in [0, 0.1) is 5.92 Å². The second kappa shape index (κ2) is 10.6. The summed E-state index contributed by atoms with van der Waals surface area (Å²) in [6.45, 7) is 8.65. The minimum absolute atomic E-state index is 0.0127. The van der Waals surface area contributed by atoms with Crippen LogP contribution >= 0.6 is 0 Å². The number of carbonyl (C=O) groups is 2. The quantitative estimate of drug-likeness (QED) is 0.724. The van der Waals surface area contributed by atoms with Gasteiger partial charge in [0.05, 0.1) is 7.11 Å². The van der Waals surface area contributed by atoms with Gasteiger partial charge in [-0.3, -0.25) is 4.90 Å². The van der Waals surface area contributed by atoms with Gasteiger partial charge in [0.25, 0.3) is 0 Å². The number of methoxy groups -OCH3 is 1. The van der Waals surface area contributed by atoms with Gasteiger partial charge in [0.1, 0.15) is 0 Å². The van der Waals surface area contributed by atoms with E-state index in [2.05, 4.69) is 29.4 Å². The molecule has 0 radical (unpaired) electrons. The van der Waals surface area contributed by atoms with Crippen LogP contribution in [0.1, 0.15) is 52.4 Å². The average Bonchev–Trinajstić information content (AvgIpc) is 3.19. The first-order chi connectivity index (χ1) is 12.6. The highest BCUT2D eigenvalue weighted by molar-refractivity contribution is 5.74. The van der Waals surface area contributed by atoms with E-state index in [4.69, 9.17) is 4.74 Å². The van der Waals surface area contributed by atoms with Crippen molar-refractivity contribution < 1.29 is 14.3 Å². The number of piperidine rings is 1. The summed E-state index contributed by atoms with van der Waals surface area (Å²) in [5.74, 6) is 0.609. The number of carbonyl (C=O) groups excluding carboxylic acids is 2. The first-order valence-electron chi connectivity index (χ1n) is 10.2. The minimum atomic E-state index is -0.320. The zero-order valence-electron chi connectivity index (χ0n) is 16.6. The summed E-state index contributed by atoms with van der Waals surface area (Å²) in [4.78, 5) is 28.3. The van der Waals surface area contributed by atoms with Gasteiger partial charge in [-0.05, 0) is 44.7 Å². The van der Waals surface area contributed by atoms with Crippen molar-refractivity contribution in [1.82, 2.24) is 20.4 Å². The maximum absolute atomic E-state index is 12.4. The number of hydrogen-bond donors (Lipinski definition) is 2. The molecular formula is C19H36N4O3. The van der Waals surface area contributed by atoms with Crippen LogP contribution in [-0.2, 0) is 4.74 Å². The predicted molar refractivity (Wildman–Crippen MR) is 102 cm³/mol. The highest BCUT2D eigenvalue weighted by Crippen LogP contribution is 2.22. The Bertz CT molecular complexity index is 448. The highest BCUT2D eigenvalue weighted by Gasteiger charge is 2.29. The molecule has 0 aromatic heterocycles. The molecule has 0 aromatic carbocycles. The largest absolute Gasteiger partial charge is 0.453 e. The molecule has 2 aliphatic rings. The molecular weight excluding hydrogens is 332 g/mol. The molecule has 0 aromatic rings. The van der Waals surface area contributed by atoms with Crippen LogP contribution in [0.4, 0.5) is 9.59 Å². The zero-order chi connectivity index (χ0) is 18.9. The van der Waals surface area contributed by atoms with Crippen LogP contribution in [0.15, 0.2) is 0 Å². The van der Waals surface area contributed by atoms with E-state index >= 15 is 0 Å². The molecule has 0 aliphatic carbocycles. The number of hydrogen-bond acceptors (Lipinski definition) is 4. The third-order valence-corrected chi connectivity index (χ3v) is 5.86. The normalized spacial score (nSPS) is 22.3. The van der Waals surface area contributed by atoms with Gasteiger partial charge in [-0.15, -0.1) is 0 Å². The van der Waals surface area contributed by atoms with Gasteiger partial charge in [-0.1, -0.05) is 26.7 Å². The Hall–Kier alpha value is -1.50. The number of amides is 3. The van der Waals surface area contributed by atoms with E-state index in [0.717, 1.165) is 38.8 Å². The van der Waals surface area contributed by atoms with Crippen molar-refractivity contribution in [2.75, 3.05) is 39.8 Å². The van der Waals surface area contributed by atoms with Crippen LogP contribution in [0.3, 0.4) is 0 Å². The summed E-state index contributed by atoms with van der Waals surface area (Å²) in [6, 6.07) is 0.272. The molecule has 7 nitrogen and oxygen atoms in total. The fourth-order valence-corrected chi connectivity index (χ4v) is 4.32. The Morgan fingerprint density at radius 3 is 2.42 bits per heavy atom. The van der Waals surface area contributed by atoms with Gasteiger partial charge in [0, 0.05) is 31.7 Å². The van der Waals surface area contributed by atoms with Gasteiger partial charge in [0.2, 0.25) is 0 Å². The SMILES string of the molecule is CCC(CC)C(CNC(=O)NC1CCCN(C(=O)OC)C1)N1CCCC1. The van der Waals surface area contributed by atoms with Crippen molar-refractivity contribution in [3.05, 3.63) is 0 Å². The molecule has 0 bridgehead atoms. The van der Waals surface area contributed by atoms with Crippen molar-refractivity contribution in [3.8, 4) is 0 Å². The maximum Gasteiger partial charge on any atom is 0.409 e. The number of ether oxygens (including phenoxy) is 1. The van der Waals surface area contributed by atoms with Crippen molar-refractivity contribution in [2.24, 2.45) is 5.92 Å². The smallest absolute Gasteiger partial charge is 0.409 e. The first kappa shape index (κ1) is 20.8. The topological polar surface area (TPSA) is 73.9 Å². The predicted octanol–water partition coefficient (Wildman–Crippen LogP) is 2.42. The van der Waals surface area contributed by atoms with E-state index in [1.807, 2.05) is 0 Å². The second-order valence-electron chi connectivity index (χ2n) is 7.50. The molecule has 2 N–H and O–H groups in total.